The largest absolute Gasteiger partial charge is 0.409 e. The average Bonchev–Trinajstić information content (AvgIpc) is 2.03. The van der Waals surface area contributed by atoms with Crippen LogP contribution in [0.4, 0.5) is 5.82 Å². The first kappa shape index (κ1) is 7.26. The van der Waals surface area contributed by atoms with Crippen LogP contribution in [0.3, 0.4) is 0 Å². The maximum Gasteiger partial charge on any atom is 0.208 e. The standard InChI is InChI=1S/C5H7N5O/c6-3-1-2-8-5(9-3)4(7)10-11/h1-2,11H,(H2,7,10)(H2,6,8,9). The van der Waals surface area contributed by atoms with Crippen LogP contribution < -0.4 is 11.5 Å². The number of hydrogen-bond acceptors (Lipinski definition) is 5. The van der Waals surface area contributed by atoms with E-state index in [-0.39, 0.29) is 17.5 Å². The van der Waals surface area contributed by atoms with Gasteiger partial charge in [0.2, 0.25) is 11.7 Å². The van der Waals surface area contributed by atoms with E-state index < -0.39 is 0 Å². The van der Waals surface area contributed by atoms with E-state index in [9.17, 15) is 0 Å². The fourth-order valence-electron chi connectivity index (χ4n) is 0.541. The maximum atomic E-state index is 8.22. The molecule has 1 heterocycles. The predicted octanol–water partition coefficient (Wildman–Crippen LogP) is -0.847. The van der Waals surface area contributed by atoms with Crippen molar-refractivity contribution >= 4 is 11.7 Å². The third-order valence-corrected chi connectivity index (χ3v) is 1.01. The van der Waals surface area contributed by atoms with Gasteiger partial charge in [-0.25, -0.2) is 9.97 Å². The van der Waals surface area contributed by atoms with Crippen LogP contribution in [0, 0.1) is 0 Å². The second-order valence-electron chi connectivity index (χ2n) is 1.79. The number of nitrogens with two attached hydrogens (primary N) is 2. The molecule has 1 rings (SSSR count). The smallest absolute Gasteiger partial charge is 0.208 e. The van der Waals surface area contributed by atoms with Gasteiger partial charge in [-0.1, -0.05) is 5.16 Å². The summed E-state index contributed by atoms with van der Waals surface area (Å²) in [6.45, 7) is 0. The van der Waals surface area contributed by atoms with Crippen LogP contribution in [0.5, 0.6) is 0 Å². The van der Waals surface area contributed by atoms with Crippen LogP contribution in [-0.4, -0.2) is 21.0 Å². The highest BCUT2D eigenvalue weighted by atomic mass is 16.4. The van der Waals surface area contributed by atoms with Gasteiger partial charge >= 0.3 is 0 Å². The molecule has 0 radical (unpaired) electrons. The molecule has 0 aliphatic carbocycles. The van der Waals surface area contributed by atoms with Gasteiger partial charge in [-0.2, -0.15) is 0 Å². The van der Waals surface area contributed by atoms with Gasteiger partial charge in [-0.05, 0) is 6.07 Å². The molecule has 0 fully saturated rings. The van der Waals surface area contributed by atoms with E-state index in [1.54, 1.807) is 0 Å². The first-order chi connectivity index (χ1) is 5.24. The summed E-state index contributed by atoms with van der Waals surface area (Å²) in [5.74, 6) is 0.242. The van der Waals surface area contributed by atoms with Crippen molar-refractivity contribution in [2.24, 2.45) is 10.9 Å². The molecular weight excluding hydrogens is 146 g/mol. The zero-order valence-electron chi connectivity index (χ0n) is 5.60. The average molecular weight is 153 g/mol. The maximum absolute atomic E-state index is 8.22. The quantitative estimate of drug-likeness (QED) is 0.211. The van der Waals surface area contributed by atoms with Crippen LogP contribution >= 0.6 is 0 Å². The number of anilines is 1. The van der Waals surface area contributed by atoms with E-state index in [0.717, 1.165) is 0 Å². The molecule has 0 saturated heterocycles. The topological polar surface area (TPSA) is 110 Å². The Morgan fingerprint density at radius 1 is 1.64 bits per heavy atom. The molecule has 0 aliphatic rings. The molecule has 1 aromatic heterocycles. The first-order valence-corrected chi connectivity index (χ1v) is 2.80. The van der Waals surface area contributed by atoms with Gasteiger partial charge in [-0.15, -0.1) is 0 Å². The Labute approximate surface area is 62.6 Å². The van der Waals surface area contributed by atoms with Gasteiger partial charge in [0.05, 0.1) is 0 Å². The Morgan fingerprint density at radius 2 is 2.36 bits per heavy atom. The number of oxime groups is 1. The minimum atomic E-state index is -0.155. The molecule has 0 aromatic carbocycles. The number of rotatable bonds is 1. The van der Waals surface area contributed by atoms with Gasteiger partial charge in [-0.3, -0.25) is 0 Å². The minimum Gasteiger partial charge on any atom is -0.409 e. The summed E-state index contributed by atoms with van der Waals surface area (Å²) in [5, 5.41) is 10.9. The summed E-state index contributed by atoms with van der Waals surface area (Å²) in [4.78, 5) is 7.40. The Kier molecular flexibility index (Phi) is 1.86. The van der Waals surface area contributed by atoms with Crippen molar-refractivity contribution in [3.63, 3.8) is 0 Å². The second kappa shape index (κ2) is 2.82. The van der Waals surface area contributed by atoms with Gasteiger partial charge in [0.1, 0.15) is 5.82 Å². The first-order valence-electron chi connectivity index (χ1n) is 2.80. The van der Waals surface area contributed by atoms with Crippen LogP contribution in [0.2, 0.25) is 0 Å². The van der Waals surface area contributed by atoms with Crippen LogP contribution in [0.15, 0.2) is 17.4 Å². The predicted molar refractivity (Wildman–Crippen MR) is 39.0 cm³/mol. The van der Waals surface area contributed by atoms with Crippen molar-refractivity contribution < 1.29 is 5.21 Å². The molecule has 11 heavy (non-hydrogen) atoms. The number of aromatic nitrogens is 2. The van der Waals surface area contributed by atoms with E-state index in [4.69, 9.17) is 16.7 Å². The van der Waals surface area contributed by atoms with Crippen molar-refractivity contribution in [3.8, 4) is 0 Å². The SMILES string of the molecule is NC(=NO)c1nccc(N)n1. The lowest BCUT2D eigenvalue weighted by atomic mass is 10.5. The summed E-state index contributed by atoms with van der Waals surface area (Å²) < 4.78 is 0. The lowest BCUT2D eigenvalue weighted by Crippen LogP contribution is -2.17. The van der Waals surface area contributed by atoms with Crippen molar-refractivity contribution in [2.45, 2.75) is 0 Å². The van der Waals surface area contributed by atoms with Crippen molar-refractivity contribution in [1.29, 1.82) is 0 Å². The lowest BCUT2D eigenvalue weighted by Gasteiger charge is -1.95. The molecule has 6 heteroatoms. The fourth-order valence-corrected chi connectivity index (χ4v) is 0.541. The van der Waals surface area contributed by atoms with Gasteiger partial charge in [0.25, 0.3) is 0 Å². The molecule has 0 saturated carbocycles. The summed E-state index contributed by atoms with van der Waals surface area (Å²) in [7, 11) is 0. The van der Waals surface area contributed by atoms with Crippen molar-refractivity contribution in [1.82, 2.24) is 9.97 Å². The van der Waals surface area contributed by atoms with Crippen LogP contribution in [0.25, 0.3) is 0 Å². The summed E-state index contributed by atoms with van der Waals surface area (Å²) >= 11 is 0. The van der Waals surface area contributed by atoms with E-state index in [1.807, 2.05) is 0 Å². The number of amidine groups is 1. The normalized spacial score (nSPS) is 11.5. The molecule has 0 atom stereocenters. The van der Waals surface area contributed by atoms with Gasteiger partial charge in [0.15, 0.2) is 0 Å². The molecule has 0 unspecified atom stereocenters. The molecule has 5 N–H and O–H groups in total. The Hall–Kier alpha value is -1.85. The van der Waals surface area contributed by atoms with Crippen LogP contribution in [0.1, 0.15) is 5.82 Å². The molecular formula is C5H7N5O. The molecule has 0 bridgehead atoms. The Bertz CT molecular complexity index is 284. The van der Waals surface area contributed by atoms with Crippen LogP contribution in [-0.2, 0) is 0 Å². The highest BCUT2D eigenvalue weighted by Gasteiger charge is 2.00. The molecule has 1 aromatic rings. The zero-order valence-corrected chi connectivity index (χ0v) is 5.60. The summed E-state index contributed by atoms with van der Waals surface area (Å²) in [6.07, 6.45) is 1.43. The van der Waals surface area contributed by atoms with Gasteiger partial charge < -0.3 is 16.7 Å². The Morgan fingerprint density at radius 3 is 2.91 bits per heavy atom. The molecule has 6 nitrogen and oxygen atoms in total. The monoisotopic (exact) mass is 153 g/mol. The molecule has 58 valence electrons. The van der Waals surface area contributed by atoms with E-state index >= 15 is 0 Å². The van der Waals surface area contributed by atoms with Crippen molar-refractivity contribution in [2.75, 3.05) is 5.73 Å². The summed E-state index contributed by atoms with van der Waals surface area (Å²) in [5.41, 5.74) is 10.5. The zero-order chi connectivity index (χ0) is 8.27. The highest BCUT2D eigenvalue weighted by Crippen LogP contribution is 1.94. The number of nitrogens with zero attached hydrogens (tertiary/aromatic N) is 3. The van der Waals surface area contributed by atoms with E-state index in [2.05, 4.69) is 15.1 Å². The van der Waals surface area contributed by atoms with E-state index in [1.165, 1.54) is 12.3 Å². The molecule has 0 amide bonds. The third kappa shape index (κ3) is 1.54. The van der Waals surface area contributed by atoms with E-state index in [0.29, 0.717) is 0 Å². The highest BCUT2D eigenvalue weighted by molar-refractivity contribution is 5.93. The minimum absolute atomic E-state index is 0.118. The van der Waals surface area contributed by atoms with Gasteiger partial charge in [0, 0.05) is 6.20 Å². The Balaban J connectivity index is 3.06. The number of hydrogen-bond donors (Lipinski definition) is 3. The second-order valence-corrected chi connectivity index (χ2v) is 1.79. The third-order valence-electron chi connectivity index (χ3n) is 1.01. The molecule has 0 aliphatic heterocycles. The molecule has 0 spiro atoms. The number of nitrogen functional groups attached to an aromatic ring is 1. The fraction of sp³-hybridized carbons (Fsp3) is 0. The summed E-state index contributed by atoms with van der Waals surface area (Å²) in [6, 6.07) is 1.51. The van der Waals surface area contributed by atoms with Crippen molar-refractivity contribution in [3.05, 3.63) is 18.1 Å². The lowest BCUT2D eigenvalue weighted by molar-refractivity contribution is 0.318.